The summed E-state index contributed by atoms with van der Waals surface area (Å²) in [4.78, 5) is 13.8. The first-order valence-electron chi connectivity index (χ1n) is 5.83. The first-order chi connectivity index (χ1) is 9.51. The minimum absolute atomic E-state index is 0.0691. The summed E-state index contributed by atoms with van der Waals surface area (Å²) in [5, 5.41) is 1.83. The number of ether oxygens (including phenoxy) is 1. The summed E-state index contributed by atoms with van der Waals surface area (Å²) in [5.74, 6) is -0.286. The fraction of sp³-hybridized carbons (Fsp3) is 0.214. The van der Waals surface area contributed by atoms with E-state index in [2.05, 4.69) is 22.6 Å². The van der Waals surface area contributed by atoms with Gasteiger partial charge in [0.15, 0.2) is 11.6 Å². The Labute approximate surface area is 134 Å². The van der Waals surface area contributed by atoms with Crippen LogP contribution in [0, 0.1) is 8.70 Å². The Hall–Kier alpha value is -1.15. The van der Waals surface area contributed by atoms with Crippen molar-refractivity contribution in [1.29, 1.82) is 0 Å². The van der Waals surface area contributed by atoms with Gasteiger partial charge in [0.05, 0.1) is 15.6 Å². The number of benzene rings is 1. The van der Waals surface area contributed by atoms with Crippen LogP contribution in [0.5, 0.6) is 5.75 Å². The smallest absolute Gasteiger partial charge is 0.254 e. The van der Waals surface area contributed by atoms with Gasteiger partial charge < -0.3 is 9.64 Å². The van der Waals surface area contributed by atoms with Crippen molar-refractivity contribution in [3.63, 3.8) is 0 Å². The van der Waals surface area contributed by atoms with Crippen LogP contribution in [0.15, 0.2) is 29.6 Å². The molecule has 3 nitrogen and oxygen atoms in total. The molecule has 0 saturated carbocycles. The lowest BCUT2D eigenvalue weighted by Crippen LogP contribution is -2.25. The zero-order valence-corrected chi connectivity index (χ0v) is 14.0. The Morgan fingerprint density at radius 1 is 1.45 bits per heavy atom. The second-order valence-electron chi connectivity index (χ2n) is 4.27. The van der Waals surface area contributed by atoms with Gasteiger partial charge in [0.1, 0.15) is 0 Å². The molecule has 1 heterocycles. The highest BCUT2D eigenvalue weighted by molar-refractivity contribution is 14.1. The molecule has 2 aromatic rings. The summed E-state index contributed by atoms with van der Waals surface area (Å²) < 4.78 is 19.5. The van der Waals surface area contributed by atoms with E-state index < -0.39 is 5.82 Å². The maximum absolute atomic E-state index is 13.6. The number of halogens is 2. The zero-order valence-electron chi connectivity index (χ0n) is 11.0. The van der Waals surface area contributed by atoms with E-state index >= 15 is 0 Å². The van der Waals surface area contributed by atoms with Crippen molar-refractivity contribution < 1.29 is 13.9 Å². The predicted molar refractivity (Wildman–Crippen MR) is 85.8 cm³/mol. The molecule has 0 aliphatic carbocycles. The maximum atomic E-state index is 13.6. The molecular weight excluding hydrogens is 392 g/mol. The average molecular weight is 405 g/mol. The summed E-state index contributed by atoms with van der Waals surface area (Å²) >= 11 is 3.70. The second-order valence-corrected chi connectivity index (χ2v) is 7.08. The summed E-state index contributed by atoms with van der Waals surface area (Å²) in [6.07, 6.45) is 0. The van der Waals surface area contributed by atoms with Crippen molar-refractivity contribution in [2.75, 3.05) is 14.2 Å². The van der Waals surface area contributed by atoms with E-state index in [1.807, 2.05) is 11.4 Å². The maximum Gasteiger partial charge on any atom is 0.254 e. The molecule has 0 N–H and O–H groups in total. The van der Waals surface area contributed by atoms with Crippen molar-refractivity contribution in [3.8, 4) is 5.75 Å². The molecule has 0 aliphatic heterocycles. The van der Waals surface area contributed by atoms with Crippen LogP contribution in [-0.2, 0) is 6.54 Å². The van der Waals surface area contributed by atoms with Gasteiger partial charge in [-0.1, -0.05) is 6.07 Å². The molecule has 0 saturated heterocycles. The summed E-state index contributed by atoms with van der Waals surface area (Å²) in [5.41, 5.74) is 1.39. The Balaban J connectivity index is 2.09. The van der Waals surface area contributed by atoms with Gasteiger partial charge in [-0.15, -0.1) is 11.3 Å². The third-order valence-corrected chi connectivity index (χ3v) is 4.59. The lowest BCUT2D eigenvalue weighted by molar-refractivity contribution is 0.0785. The third kappa shape index (κ3) is 3.49. The zero-order chi connectivity index (χ0) is 14.7. The number of rotatable bonds is 4. The molecule has 0 fully saturated rings. The molecule has 0 aliphatic rings. The van der Waals surface area contributed by atoms with Crippen molar-refractivity contribution in [3.05, 3.63) is 49.5 Å². The van der Waals surface area contributed by atoms with Gasteiger partial charge in [0.25, 0.3) is 5.91 Å². The molecule has 0 unspecified atom stereocenters. The molecule has 0 spiro atoms. The van der Waals surface area contributed by atoms with E-state index in [9.17, 15) is 9.18 Å². The Kier molecular flexibility index (Phi) is 4.98. The molecule has 2 rings (SSSR count). The number of methoxy groups -OCH3 is 1. The molecule has 0 atom stereocenters. The van der Waals surface area contributed by atoms with Gasteiger partial charge in [-0.25, -0.2) is 4.39 Å². The van der Waals surface area contributed by atoms with Crippen LogP contribution in [-0.4, -0.2) is 25.0 Å². The molecule has 0 radical (unpaired) electrons. The molecule has 1 aromatic carbocycles. The van der Waals surface area contributed by atoms with Crippen molar-refractivity contribution in [1.82, 2.24) is 4.90 Å². The first kappa shape index (κ1) is 15.2. The van der Waals surface area contributed by atoms with E-state index in [0.717, 1.165) is 8.45 Å². The largest absolute Gasteiger partial charge is 0.494 e. The van der Waals surface area contributed by atoms with Crippen LogP contribution in [0.3, 0.4) is 0 Å². The lowest BCUT2D eigenvalue weighted by Gasteiger charge is -2.17. The number of carbonyl (C=O) groups excluding carboxylic acids is 1. The van der Waals surface area contributed by atoms with Gasteiger partial charge in [-0.05, 0) is 46.4 Å². The van der Waals surface area contributed by atoms with Crippen LogP contribution in [0.25, 0.3) is 0 Å². The number of amides is 1. The van der Waals surface area contributed by atoms with Gasteiger partial charge in [-0.2, -0.15) is 0 Å². The summed E-state index contributed by atoms with van der Waals surface area (Å²) in [6, 6.07) is 6.55. The minimum Gasteiger partial charge on any atom is -0.494 e. The third-order valence-electron chi connectivity index (χ3n) is 2.80. The number of thiophene rings is 1. The SMILES string of the molecule is COc1ccc(CN(C)C(=O)c2csc(I)c2)cc1F. The van der Waals surface area contributed by atoms with E-state index in [4.69, 9.17) is 4.74 Å². The molecule has 0 bridgehead atoms. The predicted octanol–water partition coefficient (Wildman–Crippen LogP) is 3.77. The van der Waals surface area contributed by atoms with Crippen LogP contribution in [0.2, 0.25) is 0 Å². The Morgan fingerprint density at radius 3 is 2.75 bits per heavy atom. The van der Waals surface area contributed by atoms with Crippen molar-refractivity contribution >= 4 is 39.8 Å². The first-order valence-corrected chi connectivity index (χ1v) is 7.79. The average Bonchev–Trinajstić information content (AvgIpc) is 2.84. The van der Waals surface area contributed by atoms with Crippen LogP contribution < -0.4 is 4.74 Å². The minimum atomic E-state index is -0.420. The molecule has 1 aromatic heterocycles. The van der Waals surface area contributed by atoms with E-state index in [1.165, 1.54) is 24.5 Å². The molecule has 106 valence electrons. The van der Waals surface area contributed by atoms with Gasteiger partial charge in [0, 0.05) is 19.0 Å². The van der Waals surface area contributed by atoms with Gasteiger partial charge >= 0.3 is 0 Å². The standard InChI is InChI=1S/C14H13FINO2S/c1-17(14(18)10-6-13(16)20-8-10)7-9-3-4-12(19-2)11(15)5-9/h3-6,8H,7H2,1-2H3. The number of carbonyl (C=O) groups is 1. The van der Waals surface area contributed by atoms with E-state index in [0.29, 0.717) is 12.1 Å². The quantitative estimate of drug-likeness (QED) is 0.725. The van der Waals surface area contributed by atoms with Crippen LogP contribution >= 0.6 is 33.9 Å². The highest BCUT2D eigenvalue weighted by Gasteiger charge is 2.14. The molecule has 1 amide bonds. The normalized spacial score (nSPS) is 10.4. The van der Waals surface area contributed by atoms with Crippen LogP contribution in [0.4, 0.5) is 4.39 Å². The fourth-order valence-electron chi connectivity index (χ4n) is 1.80. The van der Waals surface area contributed by atoms with Crippen LogP contribution in [0.1, 0.15) is 15.9 Å². The van der Waals surface area contributed by atoms with Gasteiger partial charge in [-0.3, -0.25) is 4.79 Å². The fourth-order valence-corrected chi connectivity index (χ4v) is 3.12. The van der Waals surface area contributed by atoms with Crippen molar-refractivity contribution in [2.24, 2.45) is 0 Å². The van der Waals surface area contributed by atoms with Crippen molar-refractivity contribution in [2.45, 2.75) is 6.54 Å². The molecule has 20 heavy (non-hydrogen) atoms. The lowest BCUT2D eigenvalue weighted by atomic mass is 10.2. The summed E-state index contributed by atoms with van der Waals surface area (Å²) in [7, 11) is 3.13. The monoisotopic (exact) mass is 405 g/mol. The summed E-state index contributed by atoms with van der Waals surface area (Å²) in [6.45, 7) is 0.353. The van der Waals surface area contributed by atoms with E-state index in [1.54, 1.807) is 24.1 Å². The topological polar surface area (TPSA) is 29.5 Å². The molecular formula is C14H13FINO2S. The highest BCUT2D eigenvalue weighted by Crippen LogP contribution is 2.20. The highest BCUT2D eigenvalue weighted by atomic mass is 127. The number of nitrogens with zero attached hydrogens (tertiary/aromatic N) is 1. The molecule has 6 heteroatoms. The Morgan fingerprint density at radius 2 is 2.20 bits per heavy atom. The van der Waals surface area contributed by atoms with Gasteiger partial charge in [0.2, 0.25) is 0 Å². The second kappa shape index (κ2) is 6.53. The number of hydrogen-bond acceptors (Lipinski definition) is 3. The van der Waals surface area contributed by atoms with E-state index in [-0.39, 0.29) is 11.7 Å². The number of hydrogen-bond donors (Lipinski definition) is 0. The Bertz CT molecular complexity index is 629.